The number of halogens is 1. The van der Waals surface area contributed by atoms with Crippen molar-refractivity contribution in [1.29, 1.82) is 0 Å². The van der Waals surface area contributed by atoms with Crippen molar-refractivity contribution in [3.8, 4) is 0 Å². The number of hydrogen-bond acceptors (Lipinski definition) is 3. The Kier molecular flexibility index (Phi) is 6.68. The van der Waals surface area contributed by atoms with Crippen molar-refractivity contribution in [3.05, 3.63) is 46.7 Å². The van der Waals surface area contributed by atoms with Crippen LogP contribution in [0.25, 0.3) is 0 Å². The Labute approximate surface area is 117 Å². The minimum Gasteiger partial charge on any atom is -0.381 e. The van der Waals surface area contributed by atoms with E-state index in [1.807, 2.05) is 25.3 Å². The second-order valence-corrected chi connectivity index (χ2v) is 4.89. The van der Waals surface area contributed by atoms with Crippen LogP contribution < -0.4 is 5.32 Å². The molecule has 1 N–H and O–H groups in total. The summed E-state index contributed by atoms with van der Waals surface area (Å²) in [4.78, 5) is 4.32. The third-order valence-corrected chi connectivity index (χ3v) is 2.92. The Balaban J connectivity index is 2.40. The lowest BCUT2D eigenvalue weighted by Crippen LogP contribution is -2.01. The van der Waals surface area contributed by atoms with Crippen molar-refractivity contribution in [1.82, 2.24) is 4.98 Å². The number of pyridine rings is 1. The maximum absolute atomic E-state index is 4.93. The number of anilines is 1. The highest BCUT2D eigenvalue weighted by atomic mass is 79.9. The Morgan fingerprint density at radius 2 is 2.33 bits per heavy atom. The average molecular weight is 311 g/mol. The standard InChI is InChI=1S/C14H19BrN2O/c1-11-9-13(15)14(16-10-11)17-12(2)7-5-4-6-8-18-3/h4,6,9-10H,2,5,7-8H2,1,3H3,(H,16,17)/b6-4-. The lowest BCUT2D eigenvalue weighted by molar-refractivity contribution is 0.233. The minimum atomic E-state index is 0.658. The summed E-state index contributed by atoms with van der Waals surface area (Å²) >= 11 is 3.48. The zero-order valence-electron chi connectivity index (χ0n) is 10.9. The molecule has 1 rings (SSSR count). The predicted molar refractivity (Wildman–Crippen MR) is 79.7 cm³/mol. The quantitative estimate of drug-likeness (QED) is 0.771. The number of rotatable bonds is 7. The van der Waals surface area contributed by atoms with E-state index in [0.29, 0.717) is 6.61 Å². The highest BCUT2D eigenvalue weighted by Crippen LogP contribution is 2.22. The van der Waals surface area contributed by atoms with Gasteiger partial charge in [-0.1, -0.05) is 18.7 Å². The summed E-state index contributed by atoms with van der Waals surface area (Å²) in [6.45, 7) is 6.66. The average Bonchev–Trinajstić information content (AvgIpc) is 2.32. The van der Waals surface area contributed by atoms with Gasteiger partial charge in [-0.05, 0) is 47.3 Å². The summed E-state index contributed by atoms with van der Waals surface area (Å²) in [5.41, 5.74) is 2.08. The molecule has 0 spiro atoms. The van der Waals surface area contributed by atoms with E-state index in [2.05, 4.69) is 38.9 Å². The van der Waals surface area contributed by atoms with Crippen molar-refractivity contribution < 1.29 is 4.74 Å². The number of nitrogens with one attached hydrogen (secondary N) is 1. The largest absolute Gasteiger partial charge is 0.381 e. The topological polar surface area (TPSA) is 34.1 Å². The van der Waals surface area contributed by atoms with E-state index in [0.717, 1.165) is 34.4 Å². The first-order valence-corrected chi connectivity index (χ1v) is 6.63. The molecule has 3 nitrogen and oxygen atoms in total. The molecule has 1 aromatic rings. The molecule has 0 amide bonds. The van der Waals surface area contributed by atoms with Crippen molar-refractivity contribution in [2.24, 2.45) is 0 Å². The van der Waals surface area contributed by atoms with E-state index in [-0.39, 0.29) is 0 Å². The third-order valence-electron chi connectivity index (χ3n) is 2.32. The van der Waals surface area contributed by atoms with E-state index in [1.54, 1.807) is 7.11 Å². The number of hydrogen-bond donors (Lipinski definition) is 1. The fourth-order valence-electron chi connectivity index (χ4n) is 1.40. The molecule has 0 bridgehead atoms. The van der Waals surface area contributed by atoms with Crippen LogP contribution in [0.2, 0.25) is 0 Å². The van der Waals surface area contributed by atoms with Crippen LogP contribution >= 0.6 is 15.9 Å². The fourth-order valence-corrected chi connectivity index (χ4v) is 1.96. The van der Waals surface area contributed by atoms with Gasteiger partial charge in [0, 0.05) is 19.0 Å². The third kappa shape index (κ3) is 5.47. The van der Waals surface area contributed by atoms with E-state index in [9.17, 15) is 0 Å². The van der Waals surface area contributed by atoms with Gasteiger partial charge in [-0.3, -0.25) is 0 Å². The van der Waals surface area contributed by atoms with Crippen molar-refractivity contribution in [2.75, 3.05) is 19.0 Å². The van der Waals surface area contributed by atoms with Crippen LogP contribution in [0.3, 0.4) is 0 Å². The predicted octanol–water partition coefficient (Wildman–Crippen LogP) is 4.06. The Morgan fingerprint density at radius 3 is 3.00 bits per heavy atom. The van der Waals surface area contributed by atoms with Gasteiger partial charge in [0.25, 0.3) is 0 Å². The summed E-state index contributed by atoms with van der Waals surface area (Å²) in [7, 11) is 1.69. The van der Waals surface area contributed by atoms with Gasteiger partial charge in [0.15, 0.2) is 0 Å². The molecule has 0 aliphatic carbocycles. The first kappa shape index (κ1) is 14.9. The second kappa shape index (κ2) is 8.06. The van der Waals surface area contributed by atoms with Gasteiger partial charge < -0.3 is 10.1 Å². The van der Waals surface area contributed by atoms with Crippen LogP contribution in [0.15, 0.2) is 41.2 Å². The molecule has 0 fully saturated rings. The maximum Gasteiger partial charge on any atom is 0.144 e. The van der Waals surface area contributed by atoms with Gasteiger partial charge in [-0.15, -0.1) is 0 Å². The van der Waals surface area contributed by atoms with Gasteiger partial charge in [-0.25, -0.2) is 4.98 Å². The molecular formula is C14H19BrN2O. The normalized spacial score (nSPS) is 10.8. The SMILES string of the molecule is C=C(CC/C=C\COC)Nc1ncc(C)cc1Br. The second-order valence-electron chi connectivity index (χ2n) is 4.04. The van der Waals surface area contributed by atoms with E-state index in [1.165, 1.54) is 0 Å². The van der Waals surface area contributed by atoms with Gasteiger partial charge in [0.2, 0.25) is 0 Å². The fraction of sp³-hybridized carbons (Fsp3) is 0.357. The van der Waals surface area contributed by atoms with Crippen molar-refractivity contribution in [3.63, 3.8) is 0 Å². The highest BCUT2D eigenvalue weighted by Gasteiger charge is 2.02. The summed E-state index contributed by atoms with van der Waals surface area (Å²) in [6, 6.07) is 2.03. The van der Waals surface area contributed by atoms with Crippen LogP contribution in [-0.2, 0) is 4.74 Å². The van der Waals surface area contributed by atoms with Crippen LogP contribution in [0.4, 0.5) is 5.82 Å². The minimum absolute atomic E-state index is 0.658. The molecule has 0 saturated heterocycles. The first-order valence-electron chi connectivity index (χ1n) is 5.84. The zero-order chi connectivity index (χ0) is 13.4. The summed E-state index contributed by atoms with van der Waals surface area (Å²) in [6.07, 6.45) is 7.75. The Hall–Kier alpha value is -1.13. The maximum atomic E-state index is 4.93. The smallest absolute Gasteiger partial charge is 0.144 e. The molecule has 1 heterocycles. The summed E-state index contributed by atoms with van der Waals surface area (Å²) in [5, 5.41) is 3.21. The molecule has 0 aliphatic rings. The molecule has 1 aromatic heterocycles. The number of aryl methyl sites for hydroxylation is 1. The van der Waals surface area contributed by atoms with Crippen molar-refractivity contribution >= 4 is 21.7 Å². The van der Waals surface area contributed by atoms with Gasteiger partial charge >= 0.3 is 0 Å². The summed E-state index contributed by atoms with van der Waals surface area (Å²) < 4.78 is 5.89. The van der Waals surface area contributed by atoms with E-state index < -0.39 is 0 Å². The lowest BCUT2D eigenvalue weighted by atomic mass is 10.2. The molecule has 98 valence electrons. The van der Waals surface area contributed by atoms with Gasteiger partial charge in [0.1, 0.15) is 5.82 Å². The van der Waals surface area contributed by atoms with Gasteiger partial charge in [0.05, 0.1) is 11.1 Å². The molecule has 0 radical (unpaired) electrons. The van der Waals surface area contributed by atoms with Gasteiger partial charge in [-0.2, -0.15) is 0 Å². The molecule has 0 saturated carbocycles. The molecule has 4 heteroatoms. The molecule has 0 unspecified atom stereocenters. The van der Waals surface area contributed by atoms with Crippen LogP contribution in [-0.4, -0.2) is 18.7 Å². The molecular weight excluding hydrogens is 292 g/mol. The van der Waals surface area contributed by atoms with E-state index >= 15 is 0 Å². The molecule has 0 atom stereocenters. The molecule has 0 aromatic carbocycles. The number of allylic oxidation sites excluding steroid dienone is 2. The zero-order valence-corrected chi connectivity index (χ0v) is 12.5. The first-order chi connectivity index (χ1) is 8.63. The Bertz CT molecular complexity index is 430. The van der Waals surface area contributed by atoms with Crippen LogP contribution in [0.1, 0.15) is 18.4 Å². The number of aromatic nitrogens is 1. The van der Waals surface area contributed by atoms with E-state index in [4.69, 9.17) is 4.74 Å². The van der Waals surface area contributed by atoms with Crippen LogP contribution in [0.5, 0.6) is 0 Å². The number of ether oxygens (including phenoxy) is 1. The molecule has 0 aliphatic heterocycles. The number of nitrogens with zero attached hydrogens (tertiary/aromatic N) is 1. The monoisotopic (exact) mass is 310 g/mol. The molecule has 18 heavy (non-hydrogen) atoms. The highest BCUT2D eigenvalue weighted by molar-refractivity contribution is 9.10. The lowest BCUT2D eigenvalue weighted by Gasteiger charge is -2.09. The van der Waals surface area contributed by atoms with Crippen LogP contribution in [0, 0.1) is 6.92 Å². The van der Waals surface area contributed by atoms with Crippen molar-refractivity contribution in [2.45, 2.75) is 19.8 Å². The Morgan fingerprint density at radius 1 is 1.56 bits per heavy atom. The number of methoxy groups -OCH3 is 1. The summed E-state index contributed by atoms with van der Waals surface area (Å²) in [5.74, 6) is 0.812.